The van der Waals surface area contributed by atoms with Gasteiger partial charge in [0.1, 0.15) is 0 Å². The zero-order valence-electron chi connectivity index (χ0n) is 11.5. The number of hydrogen-bond donors (Lipinski definition) is 2. The van der Waals surface area contributed by atoms with Crippen LogP contribution in [0.2, 0.25) is 0 Å². The predicted octanol–water partition coefficient (Wildman–Crippen LogP) is 1.07. The second-order valence-electron chi connectivity index (χ2n) is 4.34. The molecule has 20 heavy (non-hydrogen) atoms. The van der Waals surface area contributed by atoms with Gasteiger partial charge in [-0.15, -0.1) is 11.3 Å². The average Bonchev–Trinajstić information content (AvgIpc) is 3.03. The van der Waals surface area contributed by atoms with Crippen molar-refractivity contribution < 1.29 is 8.42 Å². The van der Waals surface area contributed by atoms with E-state index in [9.17, 15) is 8.42 Å². The highest BCUT2D eigenvalue weighted by molar-refractivity contribution is 7.89. The van der Waals surface area contributed by atoms with Gasteiger partial charge in [-0.05, 0) is 18.0 Å². The van der Waals surface area contributed by atoms with E-state index in [1.165, 1.54) is 11.3 Å². The van der Waals surface area contributed by atoms with Crippen molar-refractivity contribution in [1.29, 1.82) is 0 Å². The number of rotatable bonds is 7. The van der Waals surface area contributed by atoms with Crippen LogP contribution in [0.5, 0.6) is 0 Å². The lowest BCUT2D eigenvalue weighted by atomic mass is 10.4. The maximum absolute atomic E-state index is 12.3. The predicted molar refractivity (Wildman–Crippen MR) is 78.9 cm³/mol. The first-order valence-corrected chi connectivity index (χ1v) is 8.63. The molecular formula is C12H18N4O2S2. The Morgan fingerprint density at radius 1 is 1.40 bits per heavy atom. The van der Waals surface area contributed by atoms with Crippen LogP contribution in [0, 0.1) is 0 Å². The van der Waals surface area contributed by atoms with Gasteiger partial charge in [-0.1, -0.05) is 6.92 Å². The molecule has 0 aromatic carbocycles. The third kappa shape index (κ3) is 3.66. The van der Waals surface area contributed by atoms with Crippen LogP contribution in [0.25, 0.3) is 0 Å². The van der Waals surface area contributed by atoms with Crippen LogP contribution in [0.4, 0.5) is 0 Å². The van der Waals surface area contributed by atoms with Crippen molar-refractivity contribution in [2.24, 2.45) is 7.05 Å². The molecule has 110 valence electrons. The summed E-state index contributed by atoms with van der Waals surface area (Å²) in [5, 5.41) is 8.95. The van der Waals surface area contributed by atoms with Gasteiger partial charge >= 0.3 is 0 Å². The third-order valence-corrected chi connectivity index (χ3v) is 5.29. The molecule has 0 fully saturated rings. The number of aryl methyl sites for hydroxylation is 1. The molecule has 2 rings (SSSR count). The molecule has 0 unspecified atom stereocenters. The van der Waals surface area contributed by atoms with Crippen molar-refractivity contribution in [1.82, 2.24) is 19.8 Å². The van der Waals surface area contributed by atoms with Crippen molar-refractivity contribution in [3.8, 4) is 0 Å². The number of nitrogens with one attached hydrogen (secondary N) is 2. The second-order valence-corrected chi connectivity index (χ2v) is 7.07. The van der Waals surface area contributed by atoms with Crippen LogP contribution in [0.15, 0.2) is 28.7 Å². The van der Waals surface area contributed by atoms with E-state index in [0.29, 0.717) is 11.4 Å². The topological polar surface area (TPSA) is 76.0 Å². The van der Waals surface area contributed by atoms with Crippen LogP contribution >= 0.6 is 11.3 Å². The Bertz CT molecular complexity index is 661. The minimum absolute atomic E-state index is 0.243. The lowest BCUT2D eigenvalue weighted by Crippen LogP contribution is -2.24. The van der Waals surface area contributed by atoms with E-state index in [-0.39, 0.29) is 6.54 Å². The van der Waals surface area contributed by atoms with E-state index in [4.69, 9.17) is 0 Å². The van der Waals surface area contributed by atoms with E-state index >= 15 is 0 Å². The highest BCUT2D eigenvalue weighted by Crippen LogP contribution is 2.21. The largest absolute Gasteiger partial charge is 0.312 e. The van der Waals surface area contributed by atoms with Crippen LogP contribution in [-0.2, 0) is 30.2 Å². The Labute approximate surface area is 122 Å². The van der Waals surface area contributed by atoms with Crippen LogP contribution in [-0.4, -0.2) is 24.7 Å². The fourth-order valence-electron chi connectivity index (χ4n) is 1.75. The summed E-state index contributed by atoms with van der Waals surface area (Å²) in [4.78, 5) is 1.18. The Hall–Kier alpha value is -1.22. The average molecular weight is 314 g/mol. The summed E-state index contributed by atoms with van der Waals surface area (Å²) in [7, 11) is -1.69. The molecule has 2 heterocycles. The van der Waals surface area contributed by atoms with Gasteiger partial charge in [0.05, 0.1) is 11.1 Å². The van der Waals surface area contributed by atoms with Crippen molar-refractivity contribution in [3.63, 3.8) is 0 Å². The molecule has 0 atom stereocenters. The quantitative estimate of drug-likeness (QED) is 0.801. The molecule has 2 aromatic rings. The first-order chi connectivity index (χ1) is 9.53. The molecule has 0 saturated heterocycles. The summed E-state index contributed by atoms with van der Waals surface area (Å²) in [6.07, 6.45) is 3.44. The van der Waals surface area contributed by atoms with Gasteiger partial charge in [-0.25, -0.2) is 13.1 Å². The molecule has 0 saturated carbocycles. The van der Waals surface area contributed by atoms with Gasteiger partial charge in [0, 0.05) is 36.8 Å². The zero-order chi connectivity index (χ0) is 14.6. The fourth-order valence-corrected chi connectivity index (χ4v) is 4.18. The van der Waals surface area contributed by atoms with Gasteiger partial charge in [0.2, 0.25) is 10.0 Å². The van der Waals surface area contributed by atoms with Crippen LogP contribution < -0.4 is 10.0 Å². The summed E-state index contributed by atoms with van der Waals surface area (Å²) in [6.45, 7) is 3.60. The van der Waals surface area contributed by atoms with Gasteiger partial charge in [-0.2, -0.15) is 5.10 Å². The van der Waals surface area contributed by atoms with E-state index in [1.807, 2.05) is 6.92 Å². The zero-order valence-corrected chi connectivity index (χ0v) is 13.1. The number of aromatic nitrogens is 2. The van der Waals surface area contributed by atoms with Crippen molar-refractivity contribution in [3.05, 3.63) is 34.3 Å². The maximum Gasteiger partial charge on any atom is 0.242 e. The molecule has 2 N–H and O–H groups in total. The van der Waals surface area contributed by atoms with Gasteiger partial charge < -0.3 is 5.32 Å². The van der Waals surface area contributed by atoms with Crippen molar-refractivity contribution in [2.45, 2.75) is 24.9 Å². The first-order valence-electron chi connectivity index (χ1n) is 6.27. The van der Waals surface area contributed by atoms with Gasteiger partial charge in [0.15, 0.2) is 0 Å². The van der Waals surface area contributed by atoms with E-state index in [0.717, 1.165) is 17.0 Å². The number of hydrogen-bond acceptors (Lipinski definition) is 5. The summed E-state index contributed by atoms with van der Waals surface area (Å²) in [5.41, 5.74) is 0.833. The van der Waals surface area contributed by atoms with Crippen LogP contribution in [0.3, 0.4) is 0 Å². The smallest absolute Gasteiger partial charge is 0.242 e. The summed E-state index contributed by atoms with van der Waals surface area (Å²) in [6, 6.07) is 1.64. The van der Waals surface area contributed by atoms with E-state index in [1.54, 1.807) is 35.6 Å². The normalized spacial score (nSPS) is 11.9. The van der Waals surface area contributed by atoms with Crippen LogP contribution in [0.1, 0.15) is 17.4 Å². The molecule has 0 aliphatic rings. The van der Waals surface area contributed by atoms with E-state index < -0.39 is 10.0 Å². The Morgan fingerprint density at radius 2 is 2.20 bits per heavy atom. The highest BCUT2D eigenvalue weighted by Gasteiger charge is 2.19. The molecule has 8 heteroatoms. The Balaban J connectivity index is 2.08. The Morgan fingerprint density at radius 3 is 2.85 bits per heavy atom. The third-order valence-electron chi connectivity index (χ3n) is 2.75. The molecular weight excluding hydrogens is 296 g/mol. The van der Waals surface area contributed by atoms with Gasteiger partial charge in [-0.3, -0.25) is 4.68 Å². The van der Waals surface area contributed by atoms with Crippen molar-refractivity contribution in [2.75, 3.05) is 6.54 Å². The standard InChI is InChI=1S/C12H18N4O2S2/c1-3-13-8-11-12(4-5-19-11)20(17,18)15-7-10-6-14-16(2)9-10/h4-6,9,13,15H,3,7-8H2,1-2H3. The number of thiophene rings is 1. The molecule has 0 spiro atoms. The lowest BCUT2D eigenvalue weighted by molar-refractivity contribution is 0.579. The number of nitrogens with zero attached hydrogens (tertiary/aromatic N) is 2. The Kier molecular flexibility index (Phi) is 4.92. The summed E-state index contributed by atoms with van der Waals surface area (Å²) >= 11 is 1.44. The van der Waals surface area contributed by atoms with Gasteiger partial charge in [0.25, 0.3) is 0 Å². The molecule has 0 bridgehead atoms. The molecule has 6 nitrogen and oxygen atoms in total. The molecule has 0 radical (unpaired) electrons. The molecule has 2 aromatic heterocycles. The van der Waals surface area contributed by atoms with E-state index in [2.05, 4.69) is 15.1 Å². The molecule has 0 aliphatic carbocycles. The van der Waals surface area contributed by atoms with Crippen molar-refractivity contribution >= 4 is 21.4 Å². The minimum Gasteiger partial charge on any atom is -0.312 e. The minimum atomic E-state index is -3.48. The highest BCUT2D eigenvalue weighted by atomic mass is 32.2. The maximum atomic E-state index is 12.3. The summed E-state index contributed by atoms with van der Waals surface area (Å²) in [5.74, 6) is 0. The fraction of sp³-hybridized carbons (Fsp3) is 0.417. The first kappa shape index (κ1) is 15.2. The number of sulfonamides is 1. The SMILES string of the molecule is CCNCc1sccc1S(=O)(=O)NCc1cnn(C)c1. The monoisotopic (exact) mass is 314 g/mol. The molecule has 0 aliphatic heterocycles. The summed E-state index contributed by atoms with van der Waals surface area (Å²) < 4.78 is 28.8. The second kappa shape index (κ2) is 6.49. The molecule has 0 amide bonds. The lowest BCUT2D eigenvalue weighted by Gasteiger charge is -2.07.